The highest BCUT2D eigenvalue weighted by molar-refractivity contribution is 6.61. The fraction of sp³-hybridized carbons (Fsp3) is 0.500. The Kier molecular flexibility index (Phi) is 3.14. The Morgan fingerprint density at radius 2 is 1.62 bits per heavy atom. The molecule has 0 atom stereocenters. The Morgan fingerprint density at radius 3 is 2.19 bits per heavy atom. The number of nitrogens with zero attached hydrogens (tertiary/aromatic N) is 4. The summed E-state index contributed by atoms with van der Waals surface area (Å²) in [5, 5.41) is 0. The van der Waals surface area contributed by atoms with Crippen LogP contribution in [0.25, 0.3) is 5.95 Å². The van der Waals surface area contributed by atoms with Crippen LogP contribution in [0.15, 0.2) is 24.7 Å². The molecule has 0 spiro atoms. The van der Waals surface area contributed by atoms with Crippen molar-refractivity contribution in [3.8, 4) is 5.95 Å². The maximum absolute atomic E-state index is 6.02. The Morgan fingerprint density at radius 1 is 1.05 bits per heavy atom. The molecule has 0 N–H and O–H groups in total. The number of aryl methyl sites for hydroxylation is 1. The van der Waals surface area contributed by atoms with Crippen LogP contribution in [0.1, 0.15) is 33.5 Å². The zero-order chi connectivity index (χ0) is 15.3. The van der Waals surface area contributed by atoms with Crippen LogP contribution in [0.5, 0.6) is 0 Å². The van der Waals surface area contributed by atoms with Gasteiger partial charge in [-0.25, -0.2) is 15.0 Å². The van der Waals surface area contributed by atoms with Crippen LogP contribution in [0.4, 0.5) is 0 Å². The Labute approximate surface area is 124 Å². The van der Waals surface area contributed by atoms with E-state index in [9.17, 15) is 0 Å². The molecule has 6 nitrogen and oxygen atoms in total. The summed E-state index contributed by atoms with van der Waals surface area (Å²) in [5.74, 6) is 1.39. The van der Waals surface area contributed by atoms with Gasteiger partial charge in [0.15, 0.2) is 0 Å². The molecule has 0 aromatic carbocycles. The summed E-state index contributed by atoms with van der Waals surface area (Å²) >= 11 is 0. The van der Waals surface area contributed by atoms with Gasteiger partial charge < -0.3 is 9.31 Å². The van der Waals surface area contributed by atoms with Crippen LogP contribution in [0.3, 0.4) is 0 Å². The minimum atomic E-state index is -0.473. The minimum absolute atomic E-state index is 0.376. The Bertz CT molecular complexity index is 638. The number of imidazole rings is 1. The molecule has 0 amide bonds. The molecule has 7 heteroatoms. The molecule has 21 heavy (non-hydrogen) atoms. The molecule has 1 aliphatic rings. The van der Waals surface area contributed by atoms with Crippen LogP contribution in [-0.2, 0) is 9.31 Å². The van der Waals surface area contributed by atoms with Gasteiger partial charge in [0.1, 0.15) is 5.82 Å². The van der Waals surface area contributed by atoms with Crippen molar-refractivity contribution in [2.45, 2.75) is 45.8 Å². The van der Waals surface area contributed by atoms with E-state index in [0.29, 0.717) is 5.95 Å². The van der Waals surface area contributed by atoms with Crippen LogP contribution in [-0.4, -0.2) is 37.8 Å². The first-order valence-corrected chi connectivity index (χ1v) is 6.99. The molecule has 2 aromatic rings. The zero-order valence-electron chi connectivity index (χ0n) is 13.0. The third-order valence-electron chi connectivity index (χ3n) is 4.16. The molecule has 0 saturated carbocycles. The van der Waals surface area contributed by atoms with Crippen molar-refractivity contribution in [2.24, 2.45) is 0 Å². The standard InChI is InChI=1S/C14H19BN4O2/c1-10-18-11(9-19(10)12-16-7-6-8-17-12)15-20-13(2,3)14(4,5)21-15/h6-9H,1-5H3. The van der Waals surface area contributed by atoms with Crippen molar-refractivity contribution in [3.63, 3.8) is 0 Å². The van der Waals surface area contributed by atoms with Crippen molar-refractivity contribution in [2.75, 3.05) is 0 Å². The third-order valence-corrected chi connectivity index (χ3v) is 4.16. The van der Waals surface area contributed by atoms with E-state index in [1.54, 1.807) is 18.5 Å². The fourth-order valence-electron chi connectivity index (χ4n) is 2.19. The third kappa shape index (κ3) is 2.36. The molecule has 0 radical (unpaired) electrons. The SMILES string of the molecule is Cc1nc(B2OC(C)(C)C(C)(C)O2)cn1-c1ncccn1. The van der Waals surface area contributed by atoms with Crippen LogP contribution < -0.4 is 5.59 Å². The minimum Gasteiger partial charge on any atom is -0.398 e. The van der Waals surface area contributed by atoms with Crippen molar-refractivity contribution in [1.82, 2.24) is 19.5 Å². The van der Waals surface area contributed by atoms with Gasteiger partial charge in [-0.3, -0.25) is 4.57 Å². The summed E-state index contributed by atoms with van der Waals surface area (Å²) in [6.45, 7) is 10.0. The molecule has 0 aliphatic carbocycles. The van der Waals surface area contributed by atoms with Crippen LogP contribution in [0, 0.1) is 6.92 Å². The van der Waals surface area contributed by atoms with Crippen LogP contribution in [0.2, 0.25) is 0 Å². The first-order valence-electron chi connectivity index (χ1n) is 6.99. The lowest BCUT2D eigenvalue weighted by atomic mass is 9.86. The van der Waals surface area contributed by atoms with Crippen molar-refractivity contribution < 1.29 is 9.31 Å². The van der Waals surface area contributed by atoms with Crippen molar-refractivity contribution >= 4 is 12.7 Å². The average Bonchev–Trinajstić information content (AvgIpc) is 2.89. The average molecular weight is 286 g/mol. The van der Waals surface area contributed by atoms with E-state index < -0.39 is 7.12 Å². The Hall–Kier alpha value is -1.73. The topological polar surface area (TPSA) is 62.1 Å². The lowest BCUT2D eigenvalue weighted by molar-refractivity contribution is 0.00578. The van der Waals surface area contributed by atoms with Crippen LogP contribution >= 0.6 is 0 Å². The normalized spacial score (nSPS) is 20.0. The van der Waals surface area contributed by atoms with E-state index in [1.807, 2.05) is 45.4 Å². The summed E-state index contributed by atoms with van der Waals surface area (Å²) in [5.41, 5.74) is -0.0180. The highest BCUT2D eigenvalue weighted by atomic mass is 16.7. The smallest absolute Gasteiger partial charge is 0.398 e. The molecule has 0 unspecified atom stereocenters. The van der Waals surface area contributed by atoms with Gasteiger partial charge in [0, 0.05) is 18.6 Å². The van der Waals surface area contributed by atoms with Gasteiger partial charge in [-0.1, -0.05) is 0 Å². The van der Waals surface area contributed by atoms with Gasteiger partial charge in [-0.15, -0.1) is 0 Å². The van der Waals surface area contributed by atoms with Gasteiger partial charge in [0.2, 0.25) is 5.95 Å². The highest BCUT2D eigenvalue weighted by Crippen LogP contribution is 2.36. The molecule has 0 bridgehead atoms. The summed E-state index contributed by atoms with van der Waals surface area (Å²) in [4.78, 5) is 13.0. The summed E-state index contributed by atoms with van der Waals surface area (Å²) in [6, 6.07) is 1.78. The number of hydrogen-bond donors (Lipinski definition) is 0. The molecule has 2 aromatic heterocycles. The van der Waals surface area contributed by atoms with Gasteiger partial charge in [0.05, 0.1) is 16.8 Å². The fourth-order valence-corrected chi connectivity index (χ4v) is 2.19. The molecular weight excluding hydrogens is 267 g/mol. The maximum Gasteiger partial charge on any atom is 0.516 e. The maximum atomic E-state index is 6.02. The van der Waals surface area contributed by atoms with Gasteiger partial charge in [-0.2, -0.15) is 0 Å². The highest BCUT2D eigenvalue weighted by Gasteiger charge is 2.52. The van der Waals surface area contributed by atoms with Crippen molar-refractivity contribution in [1.29, 1.82) is 0 Å². The molecule has 1 fully saturated rings. The summed E-state index contributed by atoms with van der Waals surface area (Å²) in [7, 11) is -0.473. The van der Waals surface area contributed by atoms with E-state index in [-0.39, 0.29) is 11.2 Å². The van der Waals surface area contributed by atoms with Crippen molar-refractivity contribution in [3.05, 3.63) is 30.5 Å². The van der Waals surface area contributed by atoms with E-state index in [0.717, 1.165) is 11.4 Å². The van der Waals surface area contributed by atoms with Gasteiger partial charge in [0.25, 0.3) is 0 Å². The van der Waals surface area contributed by atoms with Gasteiger partial charge >= 0.3 is 7.12 Å². The largest absolute Gasteiger partial charge is 0.516 e. The second-order valence-electron chi connectivity index (χ2n) is 6.22. The first-order chi connectivity index (χ1) is 9.80. The predicted octanol–water partition coefficient (Wildman–Crippen LogP) is 1.27. The Balaban J connectivity index is 1.93. The predicted molar refractivity (Wildman–Crippen MR) is 79.6 cm³/mol. The molecule has 1 saturated heterocycles. The molecule has 1 aliphatic heterocycles. The lowest BCUT2D eigenvalue weighted by Gasteiger charge is -2.32. The number of hydrogen-bond acceptors (Lipinski definition) is 5. The van der Waals surface area contributed by atoms with Gasteiger partial charge in [-0.05, 0) is 40.7 Å². The number of rotatable bonds is 2. The quantitative estimate of drug-likeness (QED) is 0.778. The molecular formula is C14H19BN4O2. The lowest BCUT2D eigenvalue weighted by Crippen LogP contribution is -2.41. The molecule has 3 rings (SSSR count). The second kappa shape index (κ2) is 4.64. The van der Waals surface area contributed by atoms with E-state index in [1.165, 1.54) is 0 Å². The molecule has 110 valence electrons. The number of aromatic nitrogens is 4. The monoisotopic (exact) mass is 286 g/mol. The summed E-state index contributed by atoms with van der Waals surface area (Å²) < 4.78 is 13.9. The first kappa shape index (κ1) is 14.2. The second-order valence-corrected chi connectivity index (χ2v) is 6.22. The summed E-state index contributed by atoms with van der Waals surface area (Å²) in [6.07, 6.45) is 5.28. The van der Waals surface area contributed by atoms with E-state index in [2.05, 4.69) is 15.0 Å². The van der Waals surface area contributed by atoms with E-state index >= 15 is 0 Å². The molecule has 3 heterocycles. The zero-order valence-corrected chi connectivity index (χ0v) is 13.0. The van der Waals surface area contributed by atoms with E-state index in [4.69, 9.17) is 9.31 Å².